The lowest BCUT2D eigenvalue weighted by Gasteiger charge is -2.07. The highest BCUT2D eigenvalue weighted by molar-refractivity contribution is 5.98. The highest BCUT2D eigenvalue weighted by atomic mass is 16.1. The fourth-order valence-corrected chi connectivity index (χ4v) is 1.95. The number of nitrogens with two attached hydrogens (primary N) is 1. The van der Waals surface area contributed by atoms with Gasteiger partial charge in [-0.05, 0) is 18.4 Å². The summed E-state index contributed by atoms with van der Waals surface area (Å²) in [7, 11) is 0. The van der Waals surface area contributed by atoms with E-state index in [0.29, 0.717) is 19.4 Å². The maximum Gasteiger partial charge on any atom is 0.219 e. The van der Waals surface area contributed by atoms with Gasteiger partial charge in [-0.1, -0.05) is 0 Å². The zero-order valence-electron chi connectivity index (χ0n) is 8.53. The van der Waals surface area contributed by atoms with E-state index in [0.717, 1.165) is 24.0 Å². The molecule has 1 aromatic heterocycles. The molecule has 0 aromatic carbocycles. The van der Waals surface area contributed by atoms with Crippen LogP contribution >= 0.6 is 0 Å². The van der Waals surface area contributed by atoms with Crippen LogP contribution < -0.4 is 5.73 Å². The lowest BCUT2D eigenvalue weighted by atomic mass is 9.95. The summed E-state index contributed by atoms with van der Waals surface area (Å²) in [6, 6.07) is 0. The van der Waals surface area contributed by atoms with Gasteiger partial charge in [0.15, 0.2) is 5.78 Å². The number of carbonyl (C=O) groups is 2. The van der Waals surface area contributed by atoms with Crippen molar-refractivity contribution in [3.8, 4) is 0 Å². The van der Waals surface area contributed by atoms with Crippen LogP contribution in [0.3, 0.4) is 0 Å². The number of hydrogen-bond acceptors (Lipinski definition) is 2. The Balaban J connectivity index is 2.14. The van der Waals surface area contributed by atoms with Crippen molar-refractivity contribution in [3.05, 3.63) is 23.5 Å². The van der Waals surface area contributed by atoms with E-state index in [1.165, 1.54) is 0 Å². The quantitative estimate of drug-likeness (QED) is 0.797. The first kappa shape index (κ1) is 9.96. The number of rotatable bonds is 3. The topological polar surface area (TPSA) is 65.1 Å². The predicted octanol–water partition coefficient (Wildman–Crippen LogP) is 0.882. The molecule has 2 N–H and O–H groups in total. The van der Waals surface area contributed by atoms with Crippen LogP contribution in [0.1, 0.15) is 35.2 Å². The number of aryl methyl sites for hydroxylation is 2. The minimum atomic E-state index is -0.312. The molecule has 80 valence electrons. The van der Waals surface area contributed by atoms with Gasteiger partial charge >= 0.3 is 0 Å². The summed E-state index contributed by atoms with van der Waals surface area (Å²) in [5.74, 6) is -0.0953. The molecule has 0 spiro atoms. The SMILES string of the molecule is NC(=O)CCn1cc2c(c1)C(=O)CCC2. The maximum atomic E-state index is 11.5. The van der Waals surface area contributed by atoms with E-state index in [-0.39, 0.29) is 11.7 Å². The number of Topliss-reactive ketones (excluding diaryl/α,β-unsaturated/α-hetero) is 1. The average molecular weight is 206 g/mol. The molecule has 0 saturated carbocycles. The van der Waals surface area contributed by atoms with Gasteiger partial charge in [0, 0.05) is 37.3 Å². The van der Waals surface area contributed by atoms with Crippen LogP contribution in [0.2, 0.25) is 0 Å². The van der Waals surface area contributed by atoms with Crippen LogP contribution in [0.4, 0.5) is 0 Å². The molecule has 1 heterocycles. The lowest BCUT2D eigenvalue weighted by Crippen LogP contribution is -2.13. The second-order valence-corrected chi connectivity index (χ2v) is 3.93. The summed E-state index contributed by atoms with van der Waals surface area (Å²) < 4.78 is 1.89. The van der Waals surface area contributed by atoms with Crippen molar-refractivity contribution < 1.29 is 9.59 Å². The first-order valence-electron chi connectivity index (χ1n) is 5.17. The van der Waals surface area contributed by atoms with Crippen LogP contribution in [-0.4, -0.2) is 16.3 Å². The van der Waals surface area contributed by atoms with E-state index in [2.05, 4.69) is 0 Å². The molecule has 2 rings (SSSR count). The zero-order valence-corrected chi connectivity index (χ0v) is 8.53. The number of ketones is 1. The van der Waals surface area contributed by atoms with E-state index in [1.807, 2.05) is 17.0 Å². The molecule has 1 aromatic rings. The first-order chi connectivity index (χ1) is 7.16. The second-order valence-electron chi connectivity index (χ2n) is 3.93. The molecule has 1 amide bonds. The molecular weight excluding hydrogens is 192 g/mol. The molecule has 0 atom stereocenters. The summed E-state index contributed by atoms with van der Waals surface area (Å²) in [5.41, 5.74) is 7.00. The maximum absolute atomic E-state index is 11.5. The Morgan fingerprint density at radius 3 is 2.87 bits per heavy atom. The molecule has 0 aliphatic heterocycles. The molecule has 0 radical (unpaired) electrons. The third-order valence-corrected chi connectivity index (χ3v) is 2.73. The van der Waals surface area contributed by atoms with Crippen molar-refractivity contribution in [3.63, 3.8) is 0 Å². The van der Waals surface area contributed by atoms with E-state index in [1.54, 1.807) is 0 Å². The molecule has 4 nitrogen and oxygen atoms in total. The Morgan fingerprint density at radius 1 is 1.40 bits per heavy atom. The van der Waals surface area contributed by atoms with Crippen molar-refractivity contribution in [1.82, 2.24) is 4.57 Å². The second kappa shape index (κ2) is 3.88. The Bertz CT molecular complexity index is 407. The summed E-state index contributed by atoms with van der Waals surface area (Å²) >= 11 is 0. The van der Waals surface area contributed by atoms with Gasteiger partial charge in [-0.2, -0.15) is 0 Å². The van der Waals surface area contributed by atoms with Crippen LogP contribution in [0.5, 0.6) is 0 Å². The standard InChI is InChI=1S/C11H14N2O2/c12-11(15)4-5-13-6-8-2-1-3-10(14)9(8)7-13/h6-7H,1-5H2,(H2,12,15). The first-order valence-corrected chi connectivity index (χ1v) is 5.17. The van der Waals surface area contributed by atoms with E-state index < -0.39 is 0 Å². The smallest absolute Gasteiger partial charge is 0.219 e. The van der Waals surface area contributed by atoms with Crippen LogP contribution in [-0.2, 0) is 17.8 Å². The fraction of sp³-hybridized carbons (Fsp3) is 0.455. The third kappa shape index (κ3) is 2.09. The fourth-order valence-electron chi connectivity index (χ4n) is 1.95. The highest BCUT2D eigenvalue weighted by Gasteiger charge is 2.18. The van der Waals surface area contributed by atoms with Gasteiger partial charge in [0.25, 0.3) is 0 Å². The molecule has 15 heavy (non-hydrogen) atoms. The Labute approximate surface area is 88.1 Å². The molecule has 0 saturated heterocycles. The monoisotopic (exact) mass is 206 g/mol. The summed E-state index contributed by atoms with van der Waals surface area (Å²) in [6.07, 6.45) is 6.65. The average Bonchev–Trinajstić information content (AvgIpc) is 2.59. The third-order valence-electron chi connectivity index (χ3n) is 2.73. The van der Waals surface area contributed by atoms with Crippen molar-refractivity contribution >= 4 is 11.7 Å². The van der Waals surface area contributed by atoms with Crippen LogP contribution in [0.15, 0.2) is 12.4 Å². The summed E-state index contributed by atoms with van der Waals surface area (Å²) in [5, 5.41) is 0. The Kier molecular flexibility index (Phi) is 2.58. The molecule has 1 aliphatic carbocycles. The van der Waals surface area contributed by atoms with Gasteiger partial charge in [-0.15, -0.1) is 0 Å². The van der Waals surface area contributed by atoms with Gasteiger partial charge in [0.05, 0.1) is 0 Å². The highest BCUT2D eigenvalue weighted by Crippen LogP contribution is 2.21. The summed E-state index contributed by atoms with van der Waals surface area (Å²) in [4.78, 5) is 22.2. The van der Waals surface area contributed by atoms with Crippen molar-refractivity contribution in [1.29, 1.82) is 0 Å². The largest absolute Gasteiger partial charge is 0.370 e. The number of aromatic nitrogens is 1. The number of fused-ring (bicyclic) bond motifs is 1. The van der Waals surface area contributed by atoms with Gasteiger partial charge in [-0.3, -0.25) is 9.59 Å². The minimum Gasteiger partial charge on any atom is -0.370 e. The summed E-state index contributed by atoms with van der Waals surface area (Å²) in [6.45, 7) is 0.565. The van der Waals surface area contributed by atoms with Crippen molar-refractivity contribution in [2.75, 3.05) is 0 Å². The number of carbonyl (C=O) groups excluding carboxylic acids is 2. The predicted molar refractivity (Wildman–Crippen MR) is 55.5 cm³/mol. The molecule has 0 bridgehead atoms. The van der Waals surface area contributed by atoms with E-state index in [4.69, 9.17) is 5.73 Å². The molecule has 0 fully saturated rings. The number of nitrogens with zero attached hydrogens (tertiary/aromatic N) is 1. The lowest BCUT2D eigenvalue weighted by molar-refractivity contribution is -0.118. The minimum absolute atomic E-state index is 0.217. The Morgan fingerprint density at radius 2 is 2.20 bits per heavy atom. The zero-order chi connectivity index (χ0) is 10.8. The van der Waals surface area contributed by atoms with Crippen molar-refractivity contribution in [2.24, 2.45) is 5.73 Å². The van der Waals surface area contributed by atoms with Crippen LogP contribution in [0.25, 0.3) is 0 Å². The van der Waals surface area contributed by atoms with E-state index >= 15 is 0 Å². The van der Waals surface area contributed by atoms with Crippen molar-refractivity contribution in [2.45, 2.75) is 32.2 Å². The number of primary amides is 1. The number of amides is 1. The van der Waals surface area contributed by atoms with Gasteiger partial charge < -0.3 is 10.3 Å². The van der Waals surface area contributed by atoms with Gasteiger partial charge in [-0.25, -0.2) is 0 Å². The van der Waals surface area contributed by atoms with Crippen LogP contribution in [0, 0.1) is 0 Å². The van der Waals surface area contributed by atoms with Gasteiger partial charge in [0.1, 0.15) is 0 Å². The normalized spacial score (nSPS) is 15.1. The molecule has 0 unspecified atom stereocenters. The van der Waals surface area contributed by atoms with Gasteiger partial charge in [0.2, 0.25) is 5.91 Å². The Hall–Kier alpha value is -1.58. The molecule has 4 heteroatoms. The number of hydrogen-bond donors (Lipinski definition) is 1. The van der Waals surface area contributed by atoms with E-state index in [9.17, 15) is 9.59 Å². The molecular formula is C11H14N2O2. The molecule has 1 aliphatic rings.